The molecule has 0 aliphatic rings. The van der Waals surface area contributed by atoms with Crippen molar-refractivity contribution in [1.82, 2.24) is 0 Å². The van der Waals surface area contributed by atoms with Crippen molar-refractivity contribution in [2.75, 3.05) is 0 Å². The van der Waals surface area contributed by atoms with E-state index >= 15 is 0 Å². The van der Waals surface area contributed by atoms with Crippen molar-refractivity contribution in [2.45, 2.75) is 6.42 Å². The Balaban J connectivity index is 2.59. The van der Waals surface area contributed by atoms with Crippen molar-refractivity contribution in [1.29, 1.82) is 0 Å². The minimum Gasteiger partial charge on any atom is -0.376 e. The minimum atomic E-state index is -0.617. The van der Waals surface area contributed by atoms with Crippen molar-refractivity contribution in [3.8, 4) is 0 Å². The zero-order chi connectivity index (χ0) is 8.10. The monoisotopic (exact) mass is 151 g/mol. The van der Waals surface area contributed by atoms with Crippen LogP contribution in [0.2, 0.25) is 0 Å². The van der Waals surface area contributed by atoms with Gasteiger partial charge in [-0.05, 0) is 18.1 Å². The van der Waals surface area contributed by atoms with Gasteiger partial charge in [0, 0.05) is 0 Å². The first-order valence-electron chi connectivity index (χ1n) is 3.44. The number of benzene rings is 1. The highest BCUT2D eigenvalue weighted by atomic mass is 19.1. The van der Waals surface area contributed by atoms with E-state index in [2.05, 4.69) is 0 Å². The highest BCUT2D eigenvalue weighted by molar-refractivity contribution is 5.17. The molecule has 1 aromatic carbocycles. The average molecular weight is 151 g/mol. The summed E-state index contributed by atoms with van der Waals surface area (Å²) >= 11 is 0. The molecule has 1 rings (SSSR count). The van der Waals surface area contributed by atoms with E-state index in [1.165, 1.54) is 6.08 Å². The standard InChI is InChI=1S/C9H10FN/c10-9(11)7-6-8-4-2-1-3-5-8/h1-5,7H,6,11H2/b9-7+. The fourth-order valence-electron chi connectivity index (χ4n) is 0.829. The molecule has 0 unspecified atom stereocenters. The molecule has 58 valence electrons. The zero-order valence-electron chi connectivity index (χ0n) is 6.13. The summed E-state index contributed by atoms with van der Waals surface area (Å²) in [6.07, 6.45) is 1.92. The van der Waals surface area contributed by atoms with E-state index in [1.54, 1.807) is 0 Å². The average Bonchev–Trinajstić information content (AvgIpc) is 2.03. The Labute approximate surface area is 65.3 Å². The molecule has 0 aliphatic heterocycles. The van der Waals surface area contributed by atoms with Gasteiger partial charge in [0.2, 0.25) is 0 Å². The molecule has 0 aliphatic carbocycles. The number of halogens is 1. The maximum absolute atomic E-state index is 12.0. The molecule has 1 nitrogen and oxygen atoms in total. The van der Waals surface area contributed by atoms with Crippen LogP contribution in [0.1, 0.15) is 5.56 Å². The molecule has 0 spiro atoms. The molecule has 0 aromatic heterocycles. The highest BCUT2D eigenvalue weighted by Crippen LogP contribution is 2.01. The zero-order valence-corrected chi connectivity index (χ0v) is 6.13. The van der Waals surface area contributed by atoms with Gasteiger partial charge in [-0.1, -0.05) is 30.3 Å². The molecule has 0 saturated heterocycles. The van der Waals surface area contributed by atoms with Crippen LogP contribution in [0.3, 0.4) is 0 Å². The molecule has 0 fully saturated rings. The second-order valence-electron chi connectivity index (χ2n) is 2.28. The molecule has 0 bridgehead atoms. The van der Waals surface area contributed by atoms with Crippen LogP contribution in [0.4, 0.5) is 4.39 Å². The van der Waals surface area contributed by atoms with Crippen LogP contribution in [0.5, 0.6) is 0 Å². The lowest BCUT2D eigenvalue weighted by Crippen LogP contribution is -1.89. The molecule has 0 saturated carbocycles. The van der Waals surface area contributed by atoms with Crippen molar-refractivity contribution in [3.63, 3.8) is 0 Å². The number of hydrogen-bond donors (Lipinski definition) is 1. The van der Waals surface area contributed by atoms with Crippen LogP contribution >= 0.6 is 0 Å². The van der Waals surface area contributed by atoms with Crippen molar-refractivity contribution >= 4 is 0 Å². The second kappa shape index (κ2) is 3.76. The molecule has 1 aromatic rings. The summed E-state index contributed by atoms with van der Waals surface area (Å²) in [6.45, 7) is 0. The quantitative estimate of drug-likeness (QED) is 0.643. The minimum absolute atomic E-state index is 0.559. The first kappa shape index (κ1) is 7.79. The maximum Gasteiger partial charge on any atom is 0.180 e. The fourth-order valence-corrected chi connectivity index (χ4v) is 0.829. The highest BCUT2D eigenvalue weighted by Gasteiger charge is 1.87. The van der Waals surface area contributed by atoms with Crippen LogP contribution in [0, 0.1) is 0 Å². The summed E-state index contributed by atoms with van der Waals surface area (Å²) in [5.74, 6) is -0.617. The van der Waals surface area contributed by atoms with Gasteiger partial charge in [0.15, 0.2) is 5.95 Å². The Kier molecular flexibility index (Phi) is 2.66. The molecule has 0 radical (unpaired) electrons. The number of allylic oxidation sites excluding steroid dienone is 1. The van der Waals surface area contributed by atoms with E-state index in [0.29, 0.717) is 6.42 Å². The summed E-state index contributed by atoms with van der Waals surface area (Å²) in [5.41, 5.74) is 5.90. The van der Waals surface area contributed by atoms with Crippen LogP contribution in [-0.2, 0) is 6.42 Å². The lowest BCUT2D eigenvalue weighted by Gasteiger charge is -1.93. The van der Waals surface area contributed by atoms with E-state index in [1.807, 2.05) is 30.3 Å². The van der Waals surface area contributed by atoms with Gasteiger partial charge in [-0.25, -0.2) is 0 Å². The summed E-state index contributed by atoms with van der Waals surface area (Å²) in [4.78, 5) is 0. The van der Waals surface area contributed by atoms with Gasteiger partial charge in [0.05, 0.1) is 0 Å². The number of nitrogens with two attached hydrogens (primary N) is 1. The van der Waals surface area contributed by atoms with Gasteiger partial charge < -0.3 is 5.73 Å². The third-order valence-electron chi connectivity index (χ3n) is 1.38. The maximum atomic E-state index is 12.0. The summed E-state index contributed by atoms with van der Waals surface area (Å²) in [6, 6.07) is 9.61. The van der Waals surface area contributed by atoms with E-state index in [-0.39, 0.29) is 0 Å². The Morgan fingerprint density at radius 3 is 2.55 bits per heavy atom. The van der Waals surface area contributed by atoms with Gasteiger partial charge in [-0.2, -0.15) is 4.39 Å². The predicted octanol–water partition coefficient (Wildman–Crippen LogP) is 2.00. The second-order valence-corrected chi connectivity index (χ2v) is 2.28. The van der Waals surface area contributed by atoms with Crippen LogP contribution in [0.15, 0.2) is 42.4 Å². The van der Waals surface area contributed by atoms with Crippen molar-refractivity contribution in [2.24, 2.45) is 5.73 Å². The summed E-state index contributed by atoms with van der Waals surface area (Å²) in [5, 5.41) is 0. The van der Waals surface area contributed by atoms with Crippen LogP contribution in [-0.4, -0.2) is 0 Å². The summed E-state index contributed by atoms with van der Waals surface area (Å²) < 4.78 is 12.0. The molecule has 0 atom stereocenters. The van der Waals surface area contributed by atoms with Gasteiger partial charge in [0.1, 0.15) is 0 Å². The first-order chi connectivity index (χ1) is 5.29. The van der Waals surface area contributed by atoms with Gasteiger partial charge in [0.25, 0.3) is 0 Å². The van der Waals surface area contributed by atoms with Crippen LogP contribution in [0.25, 0.3) is 0 Å². The molecular weight excluding hydrogens is 141 g/mol. The molecule has 2 heteroatoms. The third kappa shape index (κ3) is 2.85. The SMILES string of the molecule is N/C(F)=C/Cc1ccccc1. The first-order valence-corrected chi connectivity index (χ1v) is 3.44. The van der Waals surface area contributed by atoms with Crippen LogP contribution < -0.4 is 5.73 Å². The van der Waals surface area contributed by atoms with E-state index < -0.39 is 5.95 Å². The lowest BCUT2D eigenvalue weighted by molar-refractivity contribution is 0.622. The molecular formula is C9H10FN. The number of rotatable bonds is 2. The molecule has 2 N–H and O–H groups in total. The van der Waals surface area contributed by atoms with E-state index in [0.717, 1.165) is 5.56 Å². The Morgan fingerprint density at radius 2 is 2.00 bits per heavy atom. The Morgan fingerprint density at radius 1 is 1.36 bits per heavy atom. The van der Waals surface area contributed by atoms with Gasteiger partial charge >= 0.3 is 0 Å². The largest absolute Gasteiger partial charge is 0.376 e. The van der Waals surface area contributed by atoms with Crippen molar-refractivity contribution in [3.05, 3.63) is 47.9 Å². The molecule has 0 heterocycles. The molecule has 0 amide bonds. The van der Waals surface area contributed by atoms with E-state index in [9.17, 15) is 4.39 Å². The van der Waals surface area contributed by atoms with Gasteiger partial charge in [-0.15, -0.1) is 0 Å². The smallest absolute Gasteiger partial charge is 0.180 e. The third-order valence-corrected chi connectivity index (χ3v) is 1.38. The van der Waals surface area contributed by atoms with Crippen molar-refractivity contribution < 1.29 is 4.39 Å². The topological polar surface area (TPSA) is 26.0 Å². The lowest BCUT2D eigenvalue weighted by atomic mass is 10.1. The molecule has 11 heavy (non-hydrogen) atoms. The van der Waals surface area contributed by atoms with E-state index in [4.69, 9.17) is 5.73 Å². The Bertz CT molecular complexity index is 237. The summed E-state index contributed by atoms with van der Waals surface area (Å²) in [7, 11) is 0. The predicted molar refractivity (Wildman–Crippen MR) is 43.5 cm³/mol. The van der Waals surface area contributed by atoms with Gasteiger partial charge in [-0.3, -0.25) is 0 Å². The fraction of sp³-hybridized carbons (Fsp3) is 0.111. The normalized spacial score (nSPS) is 11.5. The Hall–Kier alpha value is -1.31. The number of hydrogen-bond acceptors (Lipinski definition) is 1.